The molecule has 0 saturated heterocycles. The van der Waals surface area contributed by atoms with Crippen LogP contribution in [0.3, 0.4) is 0 Å². The van der Waals surface area contributed by atoms with Crippen molar-refractivity contribution in [1.29, 1.82) is 0 Å². The van der Waals surface area contributed by atoms with Gasteiger partial charge in [-0.3, -0.25) is 14.2 Å². The normalized spacial score (nSPS) is 11.3. The number of benzene rings is 2. The molecule has 1 heterocycles. The number of aromatic nitrogens is 2. The molecule has 3 aromatic rings. The number of hydrogen-bond acceptors (Lipinski definition) is 4. The maximum Gasteiger partial charge on any atom is 0.262 e. The van der Waals surface area contributed by atoms with Gasteiger partial charge in [0.15, 0.2) is 5.16 Å². The summed E-state index contributed by atoms with van der Waals surface area (Å²) in [5.74, 6) is 0.319. The number of thioether (sulfide) groups is 1. The van der Waals surface area contributed by atoms with Crippen molar-refractivity contribution in [2.24, 2.45) is 5.92 Å². The smallest absolute Gasteiger partial charge is 0.262 e. The third kappa shape index (κ3) is 5.82. The van der Waals surface area contributed by atoms with Crippen LogP contribution >= 0.6 is 35.0 Å². The summed E-state index contributed by atoms with van der Waals surface area (Å²) in [6.45, 7) is 8.60. The number of amides is 1. The zero-order chi connectivity index (χ0) is 22.7. The fourth-order valence-electron chi connectivity index (χ4n) is 3.25. The average molecular weight is 478 g/mol. The van der Waals surface area contributed by atoms with Crippen LogP contribution in [0.2, 0.25) is 10.0 Å². The highest BCUT2D eigenvalue weighted by molar-refractivity contribution is 7.99. The van der Waals surface area contributed by atoms with Crippen molar-refractivity contribution in [3.8, 4) is 0 Å². The first-order chi connectivity index (χ1) is 14.7. The number of fused-ring (bicyclic) bond motifs is 1. The second-order valence-corrected chi connectivity index (χ2v) is 9.76. The zero-order valence-electron chi connectivity index (χ0n) is 18.0. The first-order valence-electron chi connectivity index (χ1n) is 10.0. The minimum Gasteiger partial charge on any atom is -0.324 e. The average Bonchev–Trinajstić information content (AvgIpc) is 2.68. The van der Waals surface area contributed by atoms with Gasteiger partial charge in [-0.25, -0.2) is 4.98 Å². The van der Waals surface area contributed by atoms with Crippen LogP contribution in [0, 0.1) is 19.8 Å². The van der Waals surface area contributed by atoms with E-state index < -0.39 is 0 Å². The van der Waals surface area contributed by atoms with E-state index in [0.717, 1.165) is 17.5 Å². The Bertz CT molecular complexity index is 1170. The van der Waals surface area contributed by atoms with Crippen molar-refractivity contribution in [2.45, 2.75) is 45.8 Å². The second kappa shape index (κ2) is 10.1. The summed E-state index contributed by atoms with van der Waals surface area (Å²) in [5.41, 5.74) is 2.94. The Morgan fingerprint density at radius 1 is 1.19 bits per heavy atom. The molecular weight excluding hydrogens is 453 g/mol. The first-order valence-corrected chi connectivity index (χ1v) is 11.8. The van der Waals surface area contributed by atoms with E-state index in [2.05, 4.69) is 24.1 Å². The van der Waals surface area contributed by atoms with Gasteiger partial charge in [-0.05, 0) is 61.6 Å². The van der Waals surface area contributed by atoms with Gasteiger partial charge in [0.2, 0.25) is 5.91 Å². The number of anilines is 1. The summed E-state index contributed by atoms with van der Waals surface area (Å²) in [6, 6.07) is 8.84. The lowest BCUT2D eigenvalue weighted by Crippen LogP contribution is -2.25. The Balaban J connectivity index is 1.86. The van der Waals surface area contributed by atoms with Gasteiger partial charge in [-0.1, -0.05) is 54.9 Å². The highest BCUT2D eigenvalue weighted by Crippen LogP contribution is 2.28. The molecule has 0 aliphatic rings. The molecule has 0 bridgehead atoms. The molecule has 0 fully saturated rings. The summed E-state index contributed by atoms with van der Waals surface area (Å²) in [6.07, 6.45) is 0.832. The predicted octanol–water partition coefficient (Wildman–Crippen LogP) is 6.10. The van der Waals surface area contributed by atoms with Gasteiger partial charge in [0.25, 0.3) is 5.56 Å². The highest BCUT2D eigenvalue weighted by Gasteiger charge is 2.15. The van der Waals surface area contributed by atoms with E-state index in [9.17, 15) is 9.59 Å². The summed E-state index contributed by atoms with van der Waals surface area (Å²) in [4.78, 5) is 30.3. The molecule has 1 aromatic heterocycles. The van der Waals surface area contributed by atoms with E-state index in [1.165, 1.54) is 11.8 Å². The lowest BCUT2D eigenvalue weighted by atomic mass is 10.1. The van der Waals surface area contributed by atoms with E-state index in [1.54, 1.807) is 22.8 Å². The molecule has 0 radical (unpaired) electrons. The highest BCUT2D eigenvalue weighted by atomic mass is 35.5. The van der Waals surface area contributed by atoms with Gasteiger partial charge in [0, 0.05) is 11.6 Å². The van der Waals surface area contributed by atoms with Crippen molar-refractivity contribution in [2.75, 3.05) is 11.1 Å². The molecule has 0 atom stereocenters. The number of halogens is 2. The third-order valence-corrected chi connectivity index (χ3v) is 6.35. The number of hydrogen-bond donors (Lipinski definition) is 1. The van der Waals surface area contributed by atoms with Gasteiger partial charge in [0.05, 0.1) is 27.4 Å². The van der Waals surface area contributed by atoms with Gasteiger partial charge in [-0.15, -0.1) is 0 Å². The number of nitrogens with one attached hydrogen (secondary N) is 1. The molecule has 2 aromatic carbocycles. The van der Waals surface area contributed by atoms with Gasteiger partial charge < -0.3 is 5.32 Å². The van der Waals surface area contributed by atoms with Crippen molar-refractivity contribution < 1.29 is 4.79 Å². The van der Waals surface area contributed by atoms with E-state index in [4.69, 9.17) is 23.2 Å². The Labute approximate surface area is 196 Å². The van der Waals surface area contributed by atoms with Crippen LogP contribution in [0.1, 0.15) is 31.4 Å². The summed E-state index contributed by atoms with van der Waals surface area (Å²) >= 11 is 13.6. The predicted molar refractivity (Wildman–Crippen MR) is 131 cm³/mol. The molecular formula is C23H25Cl2N3O2S. The van der Waals surface area contributed by atoms with E-state index >= 15 is 0 Å². The largest absolute Gasteiger partial charge is 0.324 e. The van der Waals surface area contributed by atoms with Gasteiger partial charge in [-0.2, -0.15) is 0 Å². The Hall–Kier alpha value is -2.02. The minimum atomic E-state index is -0.213. The molecule has 0 unspecified atom stereocenters. The standard InChI is InChI=1S/C23H25Cl2N3O2S/c1-13(2)7-8-28-22(30)17-6-5-16(24)11-19(17)26-23(28)31-12-20(29)27-21-15(4)9-14(3)10-18(21)25/h5-6,9-11,13H,7-8,12H2,1-4H3,(H,27,29). The molecule has 31 heavy (non-hydrogen) atoms. The maximum absolute atomic E-state index is 13.1. The topological polar surface area (TPSA) is 64.0 Å². The number of carbonyl (C=O) groups is 1. The van der Waals surface area contributed by atoms with Crippen molar-refractivity contribution in [3.05, 3.63) is 61.9 Å². The second-order valence-electron chi connectivity index (χ2n) is 7.97. The third-order valence-electron chi connectivity index (χ3n) is 4.84. The van der Waals surface area contributed by atoms with Crippen LogP contribution in [-0.4, -0.2) is 21.2 Å². The zero-order valence-corrected chi connectivity index (χ0v) is 20.3. The van der Waals surface area contributed by atoms with Crippen molar-refractivity contribution >= 4 is 57.5 Å². The fraction of sp³-hybridized carbons (Fsp3) is 0.348. The molecule has 164 valence electrons. The van der Waals surface area contributed by atoms with E-state index in [0.29, 0.717) is 44.3 Å². The molecule has 0 aliphatic carbocycles. The van der Waals surface area contributed by atoms with Crippen LogP contribution in [0.5, 0.6) is 0 Å². The van der Waals surface area contributed by atoms with Crippen LogP contribution in [0.4, 0.5) is 5.69 Å². The molecule has 1 amide bonds. The molecule has 0 saturated carbocycles. The SMILES string of the molecule is Cc1cc(C)c(NC(=O)CSc2nc3cc(Cl)ccc3c(=O)n2CCC(C)C)c(Cl)c1. The monoisotopic (exact) mass is 477 g/mol. The summed E-state index contributed by atoms with van der Waals surface area (Å²) < 4.78 is 1.65. The van der Waals surface area contributed by atoms with Gasteiger partial charge in [0.1, 0.15) is 0 Å². The molecule has 8 heteroatoms. The molecule has 5 nitrogen and oxygen atoms in total. The molecule has 0 aliphatic heterocycles. The fourth-order valence-corrected chi connectivity index (χ4v) is 4.61. The van der Waals surface area contributed by atoms with Crippen LogP contribution in [0.15, 0.2) is 40.3 Å². The molecule has 0 spiro atoms. The lowest BCUT2D eigenvalue weighted by molar-refractivity contribution is -0.113. The van der Waals surface area contributed by atoms with Crippen LogP contribution in [0.25, 0.3) is 10.9 Å². The number of nitrogens with zero attached hydrogens (tertiary/aromatic N) is 2. The Morgan fingerprint density at radius 3 is 2.61 bits per heavy atom. The quantitative estimate of drug-likeness (QED) is 0.329. The number of aryl methyl sites for hydroxylation is 2. The Kier molecular flexibility index (Phi) is 7.68. The first kappa shape index (κ1) is 23.6. The van der Waals surface area contributed by atoms with Crippen LogP contribution in [-0.2, 0) is 11.3 Å². The summed E-state index contributed by atoms with van der Waals surface area (Å²) in [5, 5.41) is 4.91. The minimum absolute atomic E-state index is 0.101. The maximum atomic E-state index is 13.1. The van der Waals surface area contributed by atoms with E-state index in [1.807, 2.05) is 26.0 Å². The molecule has 3 rings (SSSR count). The van der Waals surface area contributed by atoms with Crippen molar-refractivity contribution in [3.63, 3.8) is 0 Å². The lowest BCUT2D eigenvalue weighted by Gasteiger charge is -2.15. The van der Waals surface area contributed by atoms with E-state index in [-0.39, 0.29) is 17.2 Å². The number of rotatable bonds is 7. The van der Waals surface area contributed by atoms with Gasteiger partial charge >= 0.3 is 0 Å². The van der Waals surface area contributed by atoms with Crippen molar-refractivity contribution in [1.82, 2.24) is 9.55 Å². The summed E-state index contributed by atoms with van der Waals surface area (Å²) in [7, 11) is 0. The Morgan fingerprint density at radius 2 is 1.94 bits per heavy atom. The van der Waals surface area contributed by atoms with Crippen LogP contribution < -0.4 is 10.9 Å². The molecule has 1 N–H and O–H groups in total. The number of carbonyl (C=O) groups excluding carboxylic acids is 1.